The van der Waals surface area contributed by atoms with Crippen LogP contribution in [0.5, 0.6) is 0 Å². The lowest BCUT2D eigenvalue weighted by Crippen LogP contribution is -2.31. The van der Waals surface area contributed by atoms with E-state index >= 15 is 0 Å². The van der Waals surface area contributed by atoms with Crippen LogP contribution in [0.3, 0.4) is 0 Å². The summed E-state index contributed by atoms with van der Waals surface area (Å²) in [6.45, 7) is 7.72. The highest BCUT2D eigenvalue weighted by molar-refractivity contribution is 7.97. The van der Waals surface area contributed by atoms with E-state index in [0.717, 1.165) is 12.0 Å². The van der Waals surface area contributed by atoms with E-state index in [2.05, 4.69) is 10.2 Å². The molecule has 0 heterocycles. The Kier molecular flexibility index (Phi) is 6.25. The molecular weight excluding hydrogens is 207 g/mol. The molecule has 6 heteroatoms. The average Bonchev–Trinajstić information content (AvgIpc) is 1.81. The summed E-state index contributed by atoms with van der Waals surface area (Å²) >= 11 is 1.10. The van der Waals surface area contributed by atoms with E-state index in [4.69, 9.17) is 3.97 Å². The van der Waals surface area contributed by atoms with Gasteiger partial charge in [-0.05, 0) is 39.7 Å². The smallest absolute Gasteiger partial charge is 0.255 e. The van der Waals surface area contributed by atoms with Gasteiger partial charge in [0, 0.05) is 18.3 Å². The zero-order chi connectivity index (χ0) is 10.5. The fourth-order valence-electron chi connectivity index (χ4n) is 0.865. The normalized spacial score (nSPS) is 12.8. The van der Waals surface area contributed by atoms with Crippen molar-refractivity contribution in [3.8, 4) is 0 Å². The Hall–Kier alpha value is 0.460. The fourth-order valence-corrected chi connectivity index (χ4v) is 3.48. The molecule has 0 aromatic carbocycles. The third-order valence-electron chi connectivity index (χ3n) is 1.04. The first-order chi connectivity index (χ1) is 5.89. The molecule has 0 atom stereocenters. The summed E-state index contributed by atoms with van der Waals surface area (Å²) in [7, 11) is -2.87. The summed E-state index contributed by atoms with van der Waals surface area (Å²) in [6.07, 6.45) is 1.75. The first-order valence-corrected chi connectivity index (χ1v) is 7.05. The van der Waals surface area contributed by atoms with Crippen LogP contribution in [0.1, 0.15) is 27.7 Å². The van der Waals surface area contributed by atoms with Crippen molar-refractivity contribution in [1.29, 1.82) is 0 Å². The van der Waals surface area contributed by atoms with Gasteiger partial charge in [0.2, 0.25) is 0 Å². The van der Waals surface area contributed by atoms with Crippen molar-refractivity contribution in [2.45, 2.75) is 39.8 Å². The molecule has 0 aromatic rings. The highest BCUT2D eigenvalue weighted by Gasteiger charge is 2.24. The number of hydrogen-bond acceptors (Lipinski definition) is 3. The van der Waals surface area contributed by atoms with Crippen LogP contribution in [0.15, 0.2) is 0 Å². The Morgan fingerprint density at radius 1 is 1.15 bits per heavy atom. The van der Waals surface area contributed by atoms with Crippen LogP contribution in [0.4, 0.5) is 0 Å². The van der Waals surface area contributed by atoms with Gasteiger partial charge in [0.05, 0.1) is 0 Å². The number of hydrogen-bond donors (Lipinski definition) is 2. The third kappa shape index (κ3) is 6.52. The second kappa shape index (κ2) is 6.04. The molecule has 0 aliphatic rings. The quantitative estimate of drug-likeness (QED) is 0.538. The minimum Gasteiger partial charge on any atom is -0.255 e. The van der Waals surface area contributed by atoms with Crippen LogP contribution in [0.2, 0.25) is 0 Å². The van der Waals surface area contributed by atoms with E-state index in [1.807, 2.05) is 27.7 Å². The van der Waals surface area contributed by atoms with Gasteiger partial charge in [-0.15, -0.1) is 0 Å². The van der Waals surface area contributed by atoms with Crippen molar-refractivity contribution >= 4 is 19.7 Å². The largest absolute Gasteiger partial charge is 0.352 e. The summed E-state index contributed by atoms with van der Waals surface area (Å²) in [6, 6.07) is 0.258. The minimum atomic E-state index is -2.87. The molecule has 0 spiro atoms. The molecule has 2 N–H and O–H groups in total. The van der Waals surface area contributed by atoms with E-state index < -0.39 is 7.67 Å². The van der Waals surface area contributed by atoms with Crippen molar-refractivity contribution in [2.75, 3.05) is 6.26 Å². The molecule has 0 radical (unpaired) electrons. The zero-order valence-corrected chi connectivity index (χ0v) is 10.5. The standard InChI is InChI=1S/C7H19N2O2PS/c1-6(2)8-12(10,11-13-5)9-7(3)4/h6-7H,1-5H3,(H2,8,9,10). The summed E-state index contributed by atoms with van der Waals surface area (Å²) in [5, 5.41) is 5.78. The molecule has 0 amide bonds. The lowest BCUT2D eigenvalue weighted by molar-refractivity contribution is 0.463. The van der Waals surface area contributed by atoms with E-state index in [-0.39, 0.29) is 12.1 Å². The molecule has 0 saturated heterocycles. The highest BCUT2D eigenvalue weighted by Crippen LogP contribution is 2.42. The van der Waals surface area contributed by atoms with Crippen molar-refractivity contribution in [3.63, 3.8) is 0 Å². The SMILES string of the molecule is CSOP(=O)(NC(C)C)NC(C)C. The Bertz CT molecular complexity index is 173. The lowest BCUT2D eigenvalue weighted by atomic mass is 10.4. The van der Waals surface area contributed by atoms with Gasteiger partial charge in [0.15, 0.2) is 0 Å². The summed E-state index contributed by atoms with van der Waals surface area (Å²) in [5.41, 5.74) is 0. The Labute approximate surface area is 85.0 Å². The van der Waals surface area contributed by atoms with E-state index in [9.17, 15) is 4.57 Å². The van der Waals surface area contributed by atoms with Crippen molar-refractivity contribution in [2.24, 2.45) is 0 Å². The van der Waals surface area contributed by atoms with Crippen LogP contribution in [-0.2, 0) is 8.54 Å². The van der Waals surface area contributed by atoms with E-state index in [1.54, 1.807) is 6.26 Å². The molecular formula is C7H19N2O2PS. The molecule has 0 rings (SSSR count). The van der Waals surface area contributed by atoms with Crippen LogP contribution < -0.4 is 10.2 Å². The molecule has 0 unspecified atom stereocenters. The fraction of sp³-hybridized carbons (Fsp3) is 1.00. The average molecular weight is 226 g/mol. The predicted octanol–water partition coefficient (Wildman–Crippen LogP) is 2.39. The lowest BCUT2D eigenvalue weighted by Gasteiger charge is -2.22. The van der Waals surface area contributed by atoms with Crippen LogP contribution >= 0.6 is 19.7 Å². The van der Waals surface area contributed by atoms with Gasteiger partial charge in [0.25, 0.3) is 0 Å². The van der Waals surface area contributed by atoms with Gasteiger partial charge in [-0.3, -0.25) is 4.57 Å². The molecule has 0 fully saturated rings. The predicted molar refractivity (Wildman–Crippen MR) is 58.7 cm³/mol. The van der Waals surface area contributed by atoms with E-state index in [1.165, 1.54) is 0 Å². The molecule has 0 saturated carbocycles. The van der Waals surface area contributed by atoms with Crippen LogP contribution in [0.25, 0.3) is 0 Å². The highest BCUT2D eigenvalue weighted by atomic mass is 32.2. The maximum absolute atomic E-state index is 12.0. The third-order valence-corrected chi connectivity index (χ3v) is 4.18. The molecule has 0 bridgehead atoms. The molecule has 4 nitrogen and oxygen atoms in total. The molecule has 0 aliphatic carbocycles. The van der Waals surface area contributed by atoms with Crippen molar-refractivity contribution in [3.05, 3.63) is 0 Å². The Morgan fingerprint density at radius 3 is 1.77 bits per heavy atom. The Balaban J connectivity index is 4.25. The van der Waals surface area contributed by atoms with Gasteiger partial charge in [0.1, 0.15) is 0 Å². The maximum Gasteiger partial charge on any atom is 0.352 e. The van der Waals surface area contributed by atoms with Gasteiger partial charge >= 0.3 is 7.67 Å². The van der Waals surface area contributed by atoms with Gasteiger partial charge in [-0.2, -0.15) is 0 Å². The number of rotatable bonds is 6. The monoisotopic (exact) mass is 226 g/mol. The Morgan fingerprint density at radius 2 is 1.54 bits per heavy atom. The van der Waals surface area contributed by atoms with Crippen LogP contribution in [-0.4, -0.2) is 18.3 Å². The second-order valence-corrected chi connectivity index (χ2v) is 5.91. The zero-order valence-electron chi connectivity index (χ0n) is 8.83. The van der Waals surface area contributed by atoms with Gasteiger partial charge in [-0.1, -0.05) is 0 Å². The van der Waals surface area contributed by atoms with Gasteiger partial charge in [-0.25, -0.2) is 14.1 Å². The molecule has 0 aromatic heterocycles. The van der Waals surface area contributed by atoms with Gasteiger partial charge < -0.3 is 0 Å². The van der Waals surface area contributed by atoms with Crippen LogP contribution in [0, 0.1) is 0 Å². The first-order valence-electron chi connectivity index (χ1n) is 4.27. The second-order valence-electron chi connectivity index (χ2n) is 3.36. The first kappa shape index (κ1) is 13.5. The minimum absolute atomic E-state index is 0.129. The molecule has 0 aliphatic heterocycles. The maximum atomic E-state index is 12.0. The summed E-state index contributed by atoms with van der Waals surface area (Å²) in [4.78, 5) is 0. The van der Waals surface area contributed by atoms with Crippen molar-refractivity contribution in [1.82, 2.24) is 10.2 Å². The van der Waals surface area contributed by atoms with E-state index in [0.29, 0.717) is 0 Å². The topological polar surface area (TPSA) is 50.4 Å². The van der Waals surface area contributed by atoms with Crippen molar-refractivity contribution < 1.29 is 8.54 Å². The molecule has 80 valence electrons. The summed E-state index contributed by atoms with van der Waals surface area (Å²) in [5.74, 6) is 0. The summed E-state index contributed by atoms with van der Waals surface area (Å²) < 4.78 is 17.1. The molecule has 13 heavy (non-hydrogen) atoms. The number of nitrogens with one attached hydrogen (secondary N) is 2.